The number of rotatable bonds is 3. The lowest BCUT2D eigenvalue weighted by Gasteiger charge is -2.36. The number of benzene rings is 2. The van der Waals surface area contributed by atoms with Gasteiger partial charge in [-0.05, 0) is 44.6 Å². The van der Waals surface area contributed by atoms with Gasteiger partial charge in [0.15, 0.2) is 0 Å². The van der Waals surface area contributed by atoms with Crippen molar-refractivity contribution < 1.29 is 18.4 Å². The summed E-state index contributed by atoms with van der Waals surface area (Å²) in [6.45, 7) is 7.71. The maximum absolute atomic E-state index is 15.1. The molecule has 4 nitrogen and oxygen atoms in total. The number of nitriles is 1. The van der Waals surface area contributed by atoms with Gasteiger partial charge in [-0.3, -0.25) is 0 Å². The average molecular weight is 466 g/mol. The van der Waals surface area contributed by atoms with Crippen molar-refractivity contribution >= 4 is 30.9 Å². The molecule has 2 saturated heterocycles. The van der Waals surface area contributed by atoms with E-state index in [2.05, 4.69) is 5.97 Å². The van der Waals surface area contributed by atoms with E-state index in [0.29, 0.717) is 17.6 Å². The first-order valence-electron chi connectivity index (χ1n) is 11.6. The molecule has 0 aromatic heterocycles. The van der Waals surface area contributed by atoms with E-state index in [-0.39, 0.29) is 17.6 Å². The monoisotopic (exact) mass is 465 g/mol. The van der Waals surface area contributed by atoms with Crippen LogP contribution in [0.1, 0.15) is 51.7 Å². The zero-order valence-electron chi connectivity index (χ0n) is 19.5. The van der Waals surface area contributed by atoms with Crippen molar-refractivity contribution in [3.8, 4) is 11.7 Å². The van der Waals surface area contributed by atoms with E-state index in [1.807, 2.05) is 58.0 Å². The van der Waals surface area contributed by atoms with E-state index in [4.69, 9.17) is 25.6 Å². The molecule has 2 aromatic carbocycles. The van der Waals surface area contributed by atoms with Crippen molar-refractivity contribution in [3.05, 3.63) is 58.4 Å². The van der Waals surface area contributed by atoms with Crippen LogP contribution in [0.2, 0.25) is 17.2 Å². The predicted octanol–water partition coefficient (Wildman–Crippen LogP) is 5.33. The van der Waals surface area contributed by atoms with Crippen molar-refractivity contribution in [2.24, 2.45) is 0 Å². The molecule has 3 heterocycles. The van der Waals surface area contributed by atoms with E-state index in [1.165, 1.54) is 6.07 Å². The largest absolute Gasteiger partial charge is 0.496 e. The topological polar surface area (TPSA) is 51.5 Å². The van der Waals surface area contributed by atoms with Crippen molar-refractivity contribution in [2.45, 2.75) is 75.9 Å². The third kappa shape index (κ3) is 3.41. The molecule has 0 saturated carbocycles. The maximum atomic E-state index is 15.1. The van der Waals surface area contributed by atoms with Crippen LogP contribution in [0.5, 0.6) is 5.75 Å². The molecule has 33 heavy (non-hydrogen) atoms. The van der Waals surface area contributed by atoms with Gasteiger partial charge in [-0.2, -0.15) is 0 Å². The predicted molar refractivity (Wildman–Crippen MR) is 129 cm³/mol. The summed E-state index contributed by atoms with van der Waals surface area (Å²) in [5.74, 6) is 2.38. The first-order chi connectivity index (χ1) is 15.6. The number of halogens is 2. The molecule has 2 aromatic rings. The lowest BCUT2D eigenvalue weighted by atomic mass is 9.39. The van der Waals surface area contributed by atoms with Crippen LogP contribution in [0.15, 0.2) is 36.4 Å². The average Bonchev–Trinajstić information content (AvgIpc) is 3.44. The van der Waals surface area contributed by atoms with Crippen LogP contribution < -0.4 is 10.2 Å². The molecule has 2 fully saturated rings. The highest BCUT2D eigenvalue weighted by Gasteiger charge is 2.57. The molecule has 5 rings (SSSR count). The lowest BCUT2D eigenvalue weighted by molar-refractivity contribution is 0.00578. The normalized spacial score (nSPS) is 27.4. The van der Waals surface area contributed by atoms with E-state index in [1.54, 1.807) is 0 Å². The highest BCUT2D eigenvalue weighted by atomic mass is 35.5. The van der Waals surface area contributed by atoms with Crippen LogP contribution in [-0.4, -0.2) is 25.0 Å². The fourth-order valence-corrected chi connectivity index (χ4v) is 5.87. The van der Waals surface area contributed by atoms with Crippen LogP contribution in [0.4, 0.5) is 4.39 Å². The molecule has 2 atom stereocenters. The Hall–Kier alpha value is -2.00. The van der Waals surface area contributed by atoms with Crippen molar-refractivity contribution in [3.63, 3.8) is 0 Å². The molecule has 0 N–H and O–H groups in total. The number of ether oxygens (including phenoxy) is 1. The van der Waals surface area contributed by atoms with Crippen LogP contribution in [0, 0.1) is 17.0 Å². The second-order valence-corrected chi connectivity index (χ2v) is 10.8. The second-order valence-electron chi connectivity index (χ2n) is 10.5. The maximum Gasteiger partial charge on any atom is 0.496 e. The Morgan fingerprint density at radius 3 is 2.42 bits per heavy atom. The van der Waals surface area contributed by atoms with Gasteiger partial charge in [-0.15, -0.1) is 0 Å². The molecule has 170 valence electrons. The summed E-state index contributed by atoms with van der Waals surface area (Å²) < 4.78 is 34.3. The third-order valence-corrected chi connectivity index (χ3v) is 8.47. The Balaban J connectivity index is 1.65. The SMILES string of the molecule is CC1(C)OB(c2c(Cl)c(F)cc3c2CC(c2ccccc2)(C2CCCB2C#N)O3)OC1(C)C. The molecule has 0 bridgehead atoms. The second kappa shape index (κ2) is 7.77. The Morgan fingerprint density at radius 2 is 1.79 bits per heavy atom. The van der Waals surface area contributed by atoms with E-state index in [9.17, 15) is 5.26 Å². The van der Waals surface area contributed by atoms with E-state index >= 15 is 4.39 Å². The Bertz CT molecular complexity index is 1120. The van der Waals surface area contributed by atoms with Gasteiger partial charge in [0.1, 0.15) is 17.2 Å². The Morgan fingerprint density at radius 1 is 1.12 bits per heavy atom. The van der Waals surface area contributed by atoms with E-state index < -0.39 is 29.7 Å². The number of hydrogen-bond donors (Lipinski definition) is 0. The summed E-state index contributed by atoms with van der Waals surface area (Å²) in [4.78, 5) is 0. The van der Waals surface area contributed by atoms with Crippen molar-refractivity contribution in [1.82, 2.24) is 0 Å². The summed E-state index contributed by atoms with van der Waals surface area (Å²) in [5.41, 5.74) is 0.337. The summed E-state index contributed by atoms with van der Waals surface area (Å²) in [6.07, 6.45) is 3.17. The number of nitrogens with zero attached hydrogens (tertiary/aromatic N) is 1. The molecule has 0 spiro atoms. The fraction of sp³-hybridized carbons (Fsp3) is 0.480. The van der Waals surface area contributed by atoms with Gasteiger partial charge in [0.05, 0.1) is 16.2 Å². The van der Waals surface area contributed by atoms with Crippen LogP contribution in [0.25, 0.3) is 0 Å². The Labute approximate surface area is 200 Å². The molecular formula is C25H27B2ClFNO3. The number of fused-ring (bicyclic) bond motifs is 1. The molecule has 2 unspecified atom stereocenters. The van der Waals surface area contributed by atoms with Crippen molar-refractivity contribution in [1.29, 1.82) is 5.26 Å². The van der Waals surface area contributed by atoms with Gasteiger partial charge >= 0.3 is 7.12 Å². The minimum absolute atomic E-state index is 0.00275. The number of hydrogen-bond acceptors (Lipinski definition) is 4. The van der Waals surface area contributed by atoms with Crippen molar-refractivity contribution in [2.75, 3.05) is 0 Å². The molecule has 8 heteroatoms. The summed E-state index contributed by atoms with van der Waals surface area (Å²) in [7, 11) is -0.808. The lowest BCUT2D eigenvalue weighted by Crippen LogP contribution is -2.42. The molecule has 3 aliphatic heterocycles. The van der Waals surface area contributed by atoms with E-state index in [0.717, 1.165) is 30.3 Å². The molecule has 3 aliphatic rings. The molecule has 0 aliphatic carbocycles. The van der Waals surface area contributed by atoms with Gasteiger partial charge < -0.3 is 14.0 Å². The first-order valence-corrected chi connectivity index (χ1v) is 12.0. The van der Waals surface area contributed by atoms with Gasteiger partial charge in [-0.25, -0.2) is 9.65 Å². The standard InChI is InChI=1S/C25H27B2ClFNO3/c1-23(2)24(3,4)33-27(32-23)21-17-14-25(16-9-6-5-7-10-16,20-11-8-12-26(20)15-30)31-19(17)13-18(29)22(21)28/h5-7,9-10,13,20H,8,11-12,14H2,1-4H3. The third-order valence-electron chi connectivity index (χ3n) is 8.09. The molecule has 0 amide bonds. The first kappa shape index (κ1) is 22.8. The molecular weight excluding hydrogens is 438 g/mol. The quantitative estimate of drug-likeness (QED) is 0.575. The highest BCUT2D eigenvalue weighted by molar-refractivity contribution is 6.69. The zero-order valence-corrected chi connectivity index (χ0v) is 20.2. The minimum atomic E-state index is -0.808. The minimum Gasteiger partial charge on any atom is -0.482 e. The summed E-state index contributed by atoms with van der Waals surface area (Å²) >= 11 is 6.56. The van der Waals surface area contributed by atoms with Crippen LogP contribution >= 0.6 is 11.6 Å². The van der Waals surface area contributed by atoms with Crippen LogP contribution in [0.3, 0.4) is 0 Å². The summed E-state index contributed by atoms with van der Waals surface area (Å²) in [6, 6.07) is 11.3. The van der Waals surface area contributed by atoms with Gasteiger partial charge in [0, 0.05) is 23.9 Å². The van der Waals surface area contributed by atoms with Gasteiger partial charge in [-0.1, -0.05) is 61.1 Å². The summed E-state index contributed by atoms with van der Waals surface area (Å²) in [5, 5.41) is 9.88. The van der Waals surface area contributed by atoms with Gasteiger partial charge in [0.25, 0.3) is 6.71 Å². The Kier molecular flexibility index (Phi) is 5.36. The van der Waals surface area contributed by atoms with Crippen LogP contribution in [-0.2, 0) is 21.3 Å². The van der Waals surface area contributed by atoms with Gasteiger partial charge in [0.2, 0.25) is 0 Å². The smallest absolute Gasteiger partial charge is 0.482 e. The highest BCUT2D eigenvalue weighted by Crippen LogP contribution is 2.54. The zero-order chi connectivity index (χ0) is 23.6. The fourth-order valence-electron chi connectivity index (χ4n) is 5.61. The molecule has 0 radical (unpaired) electrons.